The molecular formula is C19H16O7. The third kappa shape index (κ3) is 3.23. The zero-order valence-electron chi connectivity index (χ0n) is 14.5. The Balaban J connectivity index is 2.15. The summed E-state index contributed by atoms with van der Waals surface area (Å²) in [4.78, 5) is 36.0. The monoisotopic (exact) mass is 356 g/mol. The number of hydrogen-bond acceptors (Lipinski definition) is 7. The van der Waals surface area contributed by atoms with Gasteiger partial charge in [0.15, 0.2) is 0 Å². The predicted molar refractivity (Wildman–Crippen MR) is 92.2 cm³/mol. The van der Waals surface area contributed by atoms with Crippen molar-refractivity contribution >= 4 is 22.9 Å². The first-order valence-corrected chi connectivity index (χ1v) is 7.92. The van der Waals surface area contributed by atoms with E-state index in [4.69, 9.17) is 18.3 Å². The highest BCUT2D eigenvalue weighted by Gasteiger charge is 2.19. The predicted octanol–water partition coefficient (Wildman–Crippen LogP) is 3.46. The number of hydrogen-bond donors (Lipinski definition) is 0. The minimum absolute atomic E-state index is 0.0227. The maximum Gasteiger partial charge on any atom is 0.374 e. The van der Waals surface area contributed by atoms with Crippen LogP contribution in [0, 0.1) is 6.92 Å². The molecule has 3 rings (SSSR count). The van der Waals surface area contributed by atoms with Crippen molar-refractivity contribution in [1.29, 1.82) is 0 Å². The fraction of sp³-hybridized carbons (Fsp3) is 0.211. The largest absolute Gasteiger partial charge is 0.463 e. The Labute approximate surface area is 148 Å². The maximum atomic E-state index is 12.9. The summed E-state index contributed by atoms with van der Waals surface area (Å²) in [7, 11) is 0. The van der Waals surface area contributed by atoms with E-state index < -0.39 is 17.4 Å². The molecule has 0 unspecified atom stereocenters. The van der Waals surface area contributed by atoms with E-state index in [2.05, 4.69) is 0 Å². The van der Waals surface area contributed by atoms with E-state index >= 15 is 0 Å². The Bertz CT molecular complexity index is 1060. The van der Waals surface area contributed by atoms with E-state index in [1.165, 1.54) is 25.3 Å². The molecule has 0 aliphatic carbocycles. The van der Waals surface area contributed by atoms with Gasteiger partial charge in [-0.3, -0.25) is 9.59 Å². The van der Waals surface area contributed by atoms with Gasteiger partial charge in [0.2, 0.25) is 11.2 Å². The van der Waals surface area contributed by atoms with Crippen molar-refractivity contribution in [2.75, 3.05) is 6.61 Å². The smallest absolute Gasteiger partial charge is 0.374 e. The third-order valence-corrected chi connectivity index (χ3v) is 3.59. The van der Waals surface area contributed by atoms with Crippen LogP contribution >= 0.6 is 0 Å². The number of ether oxygens (including phenoxy) is 2. The highest BCUT2D eigenvalue weighted by Crippen LogP contribution is 2.29. The molecule has 2 heterocycles. The fourth-order valence-corrected chi connectivity index (χ4v) is 2.55. The summed E-state index contributed by atoms with van der Waals surface area (Å²) in [5.41, 5.74) is 0.719. The van der Waals surface area contributed by atoms with Crippen molar-refractivity contribution in [2.24, 2.45) is 0 Å². The van der Waals surface area contributed by atoms with Crippen molar-refractivity contribution in [2.45, 2.75) is 20.8 Å². The van der Waals surface area contributed by atoms with Gasteiger partial charge in [0.25, 0.3) is 0 Å². The molecular weight excluding hydrogens is 340 g/mol. The number of esters is 2. The number of rotatable bonds is 4. The molecule has 0 amide bonds. The lowest BCUT2D eigenvalue weighted by Gasteiger charge is -2.07. The summed E-state index contributed by atoms with van der Waals surface area (Å²) in [6.07, 6.45) is 1.25. The molecule has 7 nitrogen and oxygen atoms in total. The van der Waals surface area contributed by atoms with Gasteiger partial charge >= 0.3 is 11.9 Å². The number of carbonyl (C=O) groups is 2. The molecule has 1 aromatic carbocycles. The van der Waals surface area contributed by atoms with Crippen LogP contribution in [-0.2, 0) is 9.53 Å². The molecule has 0 N–H and O–H groups in total. The Kier molecular flexibility index (Phi) is 4.62. The van der Waals surface area contributed by atoms with Gasteiger partial charge in [-0.05, 0) is 43.7 Å². The van der Waals surface area contributed by atoms with E-state index in [1.54, 1.807) is 26.0 Å². The molecule has 0 saturated heterocycles. The van der Waals surface area contributed by atoms with Crippen LogP contribution in [-0.4, -0.2) is 18.5 Å². The van der Waals surface area contributed by atoms with E-state index in [0.717, 1.165) is 5.56 Å². The third-order valence-electron chi connectivity index (χ3n) is 3.59. The summed E-state index contributed by atoms with van der Waals surface area (Å²) in [5.74, 6) is -0.937. The first kappa shape index (κ1) is 17.5. The van der Waals surface area contributed by atoms with Crippen molar-refractivity contribution in [1.82, 2.24) is 0 Å². The van der Waals surface area contributed by atoms with Gasteiger partial charge in [-0.1, -0.05) is 0 Å². The van der Waals surface area contributed by atoms with E-state index in [1.807, 2.05) is 0 Å². The molecule has 3 aromatic rings. The minimum atomic E-state index is -0.625. The van der Waals surface area contributed by atoms with Crippen LogP contribution in [0.15, 0.2) is 44.2 Å². The van der Waals surface area contributed by atoms with E-state index in [0.29, 0.717) is 0 Å². The maximum absolute atomic E-state index is 12.9. The van der Waals surface area contributed by atoms with Gasteiger partial charge in [-0.15, -0.1) is 0 Å². The standard InChI is InChI=1S/C19H16O7/c1-4-23-19(22)14-6-5-13(26-14)12-9-24-15-7-10(2)8-16(25-11(3)20)17(15)18(12)21/h5-9H,4H2,1-3H3. The molecule has 0 saturated carbocycles. The van der Waals surface area contributed by atoms with Gasteiger partial charge in [-0.25, -0.2) is 4.79 Å². The lowest BCUT2D eigenvalue weighted by atomic mass is 10.1. The van der Waals surface area contributed by atoms with Gasteiger partial charge in [-0.2, -0.15) is 0 Å². The molecule has 134 valence electrons. The van der Waals surface area contributed by atoms with Crippen molar-refractivity contribution < 1.29 is 27.9 Å². The first-order chi connectivity index (χ1) is 12.4. The molecule has 0 spiro atoms. The topological polar surface area (TPSA) is 96.0 Å². The minimum Gasteiger partial charge on any atom is -0.463 e. The number of benzene rings is 1. The highest BCUT2D eigenvalue weighted by molar-refractivity contribution is 5.90. The quantitative estimate of drug-likeness (QED) is 0.522. The Morgan fingerprint density at radius 2 is 1.96 bits per heavy atom. The van der Waals surface area contributed by atoms with Gasteiger partial charge in [0, 0.05) is 6.92 Å². The second-order valence-electron chi connectivity index (χ2n) is 5.59. The first-order valence-electron chi connectivity index (χ1n) is 7.92. The van der Waals surface area contributed by atoms with Gasteiger partial charge < -0.3 is 18.3 Å². The van der Waals surface area contributed by atoms with Crippen LogP contribution in [0.4, 0.5) is 0 Å². The second-order valence-corrected chi connectivity index (χ2v) is 5.59. The van der Waals surface area contributed by atoms with Crippen LogP contribution in [0.1, 0.15) is 30.0 Å². The van der Waals surface area contributed by atoms with E-state index in [9.17, 15) is 14.4 Å². The fourth-order valence-electron chi connectivity index (χ4n) is 2.55. The molecule has 0 bridgehead atoms. The number of furan rings is 1. The Morgan fingerprint density at radius 1 is 1.19 bits per heavy atom. The Morgan fingerprint density at radius 3 is 2.65 bits per heavy atom. The molecule has 0 fully saturated rings. The number of fused-ring (bicyclic) bond motifs is 1. The van der Waals surface area contributed by atoms with Crippen LogP contribution < -0.4 is 10.2 Å². The SMILES string of the molecule is CCOC(=O)c1ccc(-c2coc3cc(C)cc(OC(C)=O)c3c2=O)o1. The van der Waals surface area contributed by atoms with E-state index in [-0.39, 0.29) is 40.4 Å². The lowest BCUT2D eigenvalue weighted by molar-refractivity contribution is -0.131. The van der Waals surface area contributed by atoms with Crippen LogP contribution in [0.2, 0.25) is 0 Å². The molecule has 0 radical (unpaired) electrons. The lowest BCUT2D eigenvalue weighted by Crippen LogP contribution is -2.09. The van der Waals surface area contributed by atoms with Crippen LogP contribution in [0.25, 0.3) is 22.3 Å². The number of carbonyl (C=O) groups excluding carboxylic acids is 2. The zero-order valence-corrected chi connectivity index (χ0v) is 14.5. The van der Waals surface area contributed by atoms with Crippen molar-refractivity contribution in [3.63, 3.8) is 0 Å². The number of aryl methyl sites for hydroxylation is 1. The average molecular weight is 356 g/mol. The summed E-state index contributed by atoms with van der Waals surface area (Å²) >= 11 is 0. The van der Waals surface area contributed by atoms with Crippen molar-refractivity contribution in [3.8, 4) is 17.1 Å². The summed E-state index contributed by atoms with van der Waals surface area (Å²) in [6.45, 7) is 4.92. The highest BCUT2D eigenvalue weighted by atomic mass is 16.5. The average Bonchev–Trinajstić information content (AvgIpc) is 3.04. The zero-order chi connectivity index (χ0) is 18.8. The van der Waals surface area contributed by atoms with Crippen molar-refractivity contribution in [3.05, 3.63) is 52.1 Å². The summed E-state index contributed by atoms with van der Waals surface area (Å²) in [6, 6.07) is 6.14. The summed E-state index contributed by atoms with van der Waals surface area (Å²) < 4.78 is 21.0. The van der Waals surface area contributed by atoms with Gasteiger partial charge in [0.05, 0.1) is 6.61 Å². The molecule has 26 heavy (non-hydrogen) atoms. The molecule has 0 aliphatic heterocycles. The van der Waals surface area contributed by atoms with Gasteiger partial charge in [0.1, 0.15) is 34.3 Å². The second kappa shape index (κ2) is 6.87. The van der Waals surface area contributed by atoms with Crippen LogP contribution in [0.5, 0.6) is 5.75 Å². The van der Waals surface area contributed by atoms with Crippen LogP contribution in [0.3, 0.4) is 0 Å². The normalized spacial score (nSPS) is 10.7. The molecule has 7 heteroatoms. The molecule has 0 atom stereocenters. The molecule has 2 aromatic heterocycles. The molecule has 0 aliphatic rings. The Hall–Kier alpha value is -3.35. The summed E-state index contributed by atoms with van der Waals surface area (Å²) in [5, 5.41) is 0.123.